The number of nitrogen functional groups attached to an aromatic ring is 1. The van der Waals surface area contributed by atoms with Gasteiger partial charge in [0, 0.05) is 5.56 Å². The zero-order valence-electron chi connectivity index (χ0n) is 11.3. The summed E-state index contributed by atoms with van der Waals surface area (Å²) in [5.41, 5.74) is 7.80. The van der Waals surface area contributed by atoms with Gasteiger partial charge in [0.05, 0.1) is 6.54 Å². The number of aromatic nitrogens is 3. The van der Waals surface area contributed by atoms with Crippen molar-refractivity contribution in [3.05, 3.63) is 77.5 Å². The van der Waals surface area contributed by atoms with Crippen LogP contribution in [0.15, 0.2) is 60.7 Å². The lowest BCUT2D eigenvalue weighted by molar-refractivity contribution is 0.103. The van der Waals surface area contributed by atoms with Crippen molar-refractivity contribution in [1.82, 2.24) is 15.0 Å². The molecule has 5 nitrogen and oxygen atoms in total. The third kappa shape index (κ3) is 2.67. The van der Waals surface area contributed by atoms with E-state index in [2.05, 4.69) is 10.3 Å². The summed E-state index contributed by atoms with van der Waals surface area (Å²) in [5, 5.41) is 7.91. The molecule has 1 aromatic heterocycles. The second-order valence-electron chi connectivity index (χ2n) is 4.66. The van der Waals surface area contributed by atoms with Crippen LogP contribution in [0.3, 0.4) is 0 Å². The van der Waals surface area contributed by atoms with Gasteiger partial charge in [0.1, 0.15) is 0 Å². The summed E-state index contributed by atoms with van der Waals surface area (Å²) in [7, 11) is 0. The van der Waals surface area contributed by atoms with Crippen LogP contribution in [0.25, 0.3) is 0 Å². The number of ketones is 1. The molecule has 104 valence electrons. The van der Waals surface area contributed by atoms with Gasteiger partial charge < -0.3 is 5.73 Å². The van der Waals surface area contributed by atoms with E-state index in [0.717, 1.165) is 5.56 Å². The summed E-state index contributed by atoms with van der Waals surface area (Å²) in [4.78, 5) is 12.3. The molecule has 0 aliphatic heterocycles. The Hall–Kier alpha value is -2.95. The second kappa shape index (κ2) is 5.58. The summed E-state index contributed by atoms with van der Waals surface area (Å²) >= 11 is 0. The fraction of sp³-hybridized carbons (Fsp3) is 0.0625. The third-order valence-electron chi connectivity index (χ3n) is 3.20. The lowest BCUT2D eigenvalue weighted by Gasteiger charge is -2.03. The smallest absolute Gasteiger partial charge is 0.217 e. The Bertz CT molecular complexity index is 750. The van der Waals surface area contributed by atoms with Gasteiger partial charge >= 0.3 is 0 Å². The van der Waals surface area contributed by atoms with Gasteiger partial charge in [0.25, 0.3) is 0 Å². The Balaban J connectivity index is 1.88. The number of carbonyl (C=O) groups is 1. The standard InChI is InChI=1S/C16H14N4O/c17-16-14(15(21)13-9-5-2-6-10-13)18-19-20(16)11-12-7-3-1-4-8-12/h1-10H,11,17H2. The third-order valence-corrected chi connectivity index (χ3v) is 3.20. The minimum Gasteiger partial charge on any atom is -0.382 e. The maximum atomic E-state index is 12.3. The van der Waals surface area contributed by atoms with Gasteiger partial charge in [-0.2, -0.15) is 0 Å². The molecular formula is C16H14N4O. The van der Waals surface area contributed by atoms with Crippen molar-refractivity contribution >= 4 is 11.6 Å². The van der Waals surface area contributed by atoms with E-state index in [1.807, 2.05) is 36.4 Å². The molecular weight excluding hydrogens is 264 g/mol. The van der Waals surface area contributed by atoms with Crippen molar-refractivity contribution in [2.24, 2.45) is 0 Å². The first-order chi connectivity index (χ1) is 10.3. The molecule has 1 heterocycles. The largest absolute Gasteiger partial charge is 0.382 e. The van der Waals surface area contributed by atoms with Gasteiger partial charge in [-0.05, 0) is 5.56 Å². The highest BCUT2D eigenvalue weighted by molar-refractivity contribution is 6.10. The monoisotopic (exact) mass is 278 g/mol. The van der Waals surface area contributed by atoms with Crippen LogP contribution >= 0.6 is 0 Å². The summed E-state index contributed by atoms with van der Waals surface area (Å²) in [6, 6.07) is 18.7. The van der Waals surface area contributed by atoms with E-state index < -0.39 is 0 Å². The van der Waals surface area contributed by atoms with Crippen LogP contribution in [0, 0.1) is 0 Å². The number of benzene rings is 2. The van der Waals surface area contributed by atoms with Gasteiger partial charge in [-0.3, -0.25) is 4.79 Å². The molecule has 2 aromatic carbocycles. The Labute approximate surface area is 122 Å². The first-order valence-electron chi connectivity index (χ1n) is 6.58. The highest BCUT2D eigenvalue weighted by Crippen LogP contribution is 2.15. The highest BCUT2D eigenvalue weighted by atomic mass is 16.1. The average Bonchev–Trinajstić information content (AvgIpc) is 2.89. The van der Waals surface area contributed by atoms with Crippen LogP contribution in [0.5, 0.6) is 0 Å². The molecule has 0 saturated heterocycles. The summed E-state index contributed by atoms with van der Waals surface area (Å²) in [6.45, 7) is 0.488. The molecule has 2 N–H and O–H groups in total. The lowest BCUT2D eigenvalue weighted by Crippen LogP contribution is -2.09. The van der Waals surface area contributed by atoms with Gasteiger partial charge in [-0.25, -0.2) is 4.68 Å². The van der Waals surface area contributed by atoms with Crippen molar-refractivity contribution < 1.29 is 4.79 Å². The van der Waals surface area contributed by atoms with Gasteiger partial charge in [-0.1, -0.05) is 65.9 Å². The van der Waals surface area contributed by atoms with Gasteiger partial charge in [0.2, 0.25) is 5.78 Å². The van der Waals surface area contributed by atoms with E-state index in [1.165, 1.54) is 4.68 Å². The maximum absolute atomic E-state index is 12.3. The molecule has 0 radical (unpaired) electrons. The number of rotatable bonds is 4. The number of nitrogens with zero attached hydrogens (tertiary/aromatic N) is 3. The van der Waals surface area contributed by atoms with E-state index in [1.54, 1.807) is 24.3 Å². The van der Waals surface area contributed by atoms with Crippen LogP contribution in [-0.2, 0) is 6.54 Å². The molecule has 3 rings (SSSR count). The van der Waals surface area contributed by atoms with E-state index in [9.17, 15) is 4.79 Å². The molecule has 0 amide bonds. The van der Waals surface area contributed by atoms with Crippen LogP contribution < -0.4 is 5.73 Å². The number of anilines is 1. The minimum atomic E-state index is -0.215. The second-order valence-corrected chi connectivity index (χ2v) is 4.66. The highest BCUT2D eigenvalue weighted by Gasteiger charge is 2.18. The molecule has 0 bridgehead atoms. The summed E-state index contributed by atoms with van der Waals surface area (Å²) in [5.74, 6) is 0.0696. The first kappa shape index (κ1) is 13.1. The predicted octanol–water partition coefficient (Wildman–Crippen LogP) is 2.14. The molecule has 21 heavy (non-hydrogen) atoms. The molecule has 0 atom stereocenters. The maximum Gasteiger partial charge on any atom is 0.217 e. The molecule has 5 heteroatoms. The Morgan fingerprint density at radius 1 is 1.00 bits per heavy atom. The summed E-state index contributed by atoms with van der Waals surface area (Å²) < 4.78 is 1.53. The van der Waals surface area contributed by atoms with Crippen LogP contribution in [0.4, 0.5) is 5.82 Å². The molecule has 0 unspecified atom stereocenters. The summed E-state index contributed by atoms with van der Waals surface area (Å²) in [6.07, 6.45) is 0. The van der Waals surface area contributed by atoms with Crippen LogP contribution in [0.1, 0.15) is 21.6 Å². The van der Waals surface area contributed by atoms with E-state index in [0.29, 0.717) is 12.1 Å². The SMILES string of the molecule is Nc1c(C(=O)c2ccccc2)nnn1Cc1ccccc1. The number of hydrogen-bond donors (Lipinski definition) is 1. The van der Waals surface area contributed by atoms with Crippen molar-refractivity contribution in [2.45, 2.75) is 6.54 Å². The number of hydrogen-bond acceptors (Lipinski definition) is 4. The number of carbonyl (C=O) groups excluding carboxylic acids is 1. The van der Waals surface area contributed by atoms with E-state index in [4.69, 9.17) is 5.73 Å². The fourth-order valence-corrected chi connectivity index (χ4v) is 2.08. The molecule has 0 aliphatic carbocycles. The van der Waals surface area contributed by atoms with Gasteiger partial charge in [0.15, 0.2) is 11.5 Å². The minimum absolute atomic E-state index is 0.192. The van der Waals surface area contributed by atoms with Crippen LogP contribution in [0.2, 0.25) is 0 Å². The van der Waals surface area contributed by atoms with Crippen molar-refractivity contribution in [3.8, 4) is 0 Å². The van der Waals surface area contributed by atoms with Gasteiger partial charge in [-0.15, -0.1) is 5.10 Å². The zero-order valence-corrected chi connectivity index (χ0v) is 11.3. The first-order valence-corrected chi connectivity index (χ1v) is 6.58. The average molecular weight is 278 g/mol. The Morgan fingerprint density at radius 2 is 1.62 bits per heavy atom. The van der Waals surface area contributed by atoms with E-state index >= 15 is 0 Å². The quantitative estimate of drug-likeness (QED) is 0.742. The Kier molecular flexibility index (Phi) is 3.47. The molecule has 0 spiro atoms. The molecule has 0 saturated carbocycles. The predicted molar refractivity (Wildman–Crippen MR) is 79.9 cm³/mol. The van der Waals surface area contributed by atoms with E-state index in [-0.39, 0.29) is 17.3 Å². The zero-order chi connectivity index (χ0) is 14.7. The Morgan fingerprint density at radius 3 is 2.29 bits per heavy atom. The normalized spacial score (nSPS) is 10.5. The van der Waals surface area contributed by atoms with Crippen molar-refractivity contribution in [2.75, 3.05) is 5.73 Å². The topological polar surface area (TPSA) is 73.8 Å². The molecule has 0 fully saturated rings. The number of nitrogens with two attached hydrogens (primary N) is 1. The van der Waals surface area contributed by atoms with Crippen molar-refractivity contribution in [3.63, 3.8) is 0 Å². The molecule has 3 aromatic rings. The molecule has 0 aliphatic rings. The van der Waals surface area contributed by atoms with Crippen LogP contribution in [-0.4, -0.2) is 20.8 Å². The fourth-order valence-electron chi connectivity index (χ4n) is 2.08. The lowest BCUT2D eigenvalue weighted by atomic mass is 10.1. The van der Waals surface area contributed by atoms with Crippen molar-refractivity contribution in [1.29, 1.82) is 0 Å².